The summed E-state index contributed by atoms with van der Waals surface area (Å²) in [6.07, 6.45) is 5.09. The summed E-state index contributed by atoms with van der Waals surface area (Å²) in [7, 11) is 0. The summed E-state index contributed by atoms with van der Waals surface area (Å²) in [5, 5.41) is 0. The molecule has 1 aromatic rings. The van der Waals surface area contributed by atoms with E-state index in [-0.39, 0.29) is 0 Å². The second-order valence-electron chi connectivity index (χ2n) is 8.02. The number of amides is 1. The molecule has 0 aliphatic carbocycles. The van der Waals surface area contributed by atoms with Crippen LogP contribution in [0.15, 0.2) is 24.3 Å². The molecule has 1 aromatic carbocycles. The Bertz CT molecular complexity index is 612. The minimum absolute atomic E-state index is 0.380. The minimum Gasteiger partial charge on any atom is -0.381 e. The molecule has 2 atom stereocenters. The van der Waals surface area contributed by atoms with Crippen LogP contribution in [-0.4, -0.2) is 54.1 Å². The summed E-state index contributed by atoms with van der Waals surface area (Å²) in [6.45, 7) is 6.95. The summed E-state index contributed by atoms with van der Waals surface area (Å²) in [4.78, 5) is 17.4. The molecular weight excluding hydrogens is 312 g/mol. The average molecular weight is 342 g/mol. The first-order chi connectivity index (χ1) is 12.2. The SMILES string of the molecule is Cc1cccc(CN2CC[C@@H]3[C@H]2CCC(=O)N3CC2CCOCC2)c1. The van der Waals surface area contributed by atoms with E-state index >= 15 is 0 Å². The number of aryl methyl sites for hydroxylation is 1. The number of carbonyl (C=O) groups is 1. The first-order valence-corrected chi connectivity index (χ1v) is 9.87. The Hall–Kier alpha value is -1.39. The molecule has 3 fully saturated rings. The van der Waals surface area contributed by atoms with Crippen LogP contribution in [0.1, 0.15) is 43.2 Å². The molecule has 0 radical (unpaired) electrons. The largest absolute Gasteiger partial charge is 0.381 e. The van der Waals surface area contributed by atoms with Crippen molar-refractivity contribution in [3.8, 4) is 0 Å². The van der Waals surface area contributed by atoms with E-state index in [9.17, 15) is 4.79 Å². The van der Waals surface area contributed by atoms with Crippen molar-refractivity contribution >= 4 is 5.91 Å². The molecule has 4 nitrogen and oxygen atoms in total. The van der Waals surface area contributed by atoms with Crippen LogP contribution in [0.5, 0.6) is 0 Å². The third kappa shape index (κ3) is 3.75. The molecule has 0 aromatic heterocycles. The van der Waals surface area contributed by atoms with Crippen molar-refractivity contribution < 1.29 is 9.53 Å². The number of carbonyl (C=O) groups excluding carboxylic acids is 1. The smallest absolute Gasteiger partial charge is 0.222 e. The van der Waals surface area contributed by atoms with Gasteiger partial charge < -0.3 is 9.64 Å². The lowest BCUT2D eigenvalue weighted by atomic mass is 9.92. The van der Waals surface area contributed by atoms with Gasteiger partial charge in [0.2, 0.25) is 5.91 Å². The zero-order valence-electron chi connectivity index (χ0n) is 15.3. The van der Waals surface area contributed by atoms with Crippen LogP contribution in [0.25, 0.3) is 0 Å². The quantitative estimate of drug-likeness (QED) is 0.843. The molecule has 3 saturated heterocycles. The molecule has 4 rings (SSSR count). The van der Waals surface area contributed by atoms with Gasteiger partial charge in [0.25, 0.3) is 0 Å². The highest BCUT2D eigenvalue weighted by Crippen LogP contribution is 2.33. The van der Waals surface area contributed by atoms with Gasteiger partial charge in [-0.05, 0) is 44.1 Å². The molecule has 0 unspecified atom stereocenters. The predicted octanol–water partition coefficient (Wildman–Crippen LogP) is 2.99. The van der Waals surface area contributed by atoms with Gasteiger partial charge >= 0.3 is 0 Å². The summed E-state index contributed by atoms with van der Waals surface area (Å²) in [6, 6.07) is 9.80. The lowest BCUT2D eigenvalue weighted by Crippen LogP contribution is -2.53. The van der Waals surface area contributed by atoms with E-state index in [1.54, 1.807) is 0 Å². The zero-order chi connectivity index (χ0) is 17.2. The van der Waals surface area contributed by atoms with E-state index in [2.05, 4.69) is 41.0 Å². The Labute approximate surface area is 151 Å². The molecular formula is C21H30N2O2. The number of nitrogens with zero attached hydrogens (tertiary/aromatic N) is 2. The molecule has 0 spiro atoms. The van der Waals surface area contributed by atoms with Crippen molar-refractivity contribution in [1.29, 1.82) is 0 Å². The van der Waals surface area contributed by atoms with E-state index in [4.69, 9.17) is 4.74 Å². The van der Waals surface area contributed by atoms with Gasteiger partial charge in [0, 0.05) is 51.4 Å². The number of hydrogen-bond donors (Lipinski definition) is 0. The summed E-state index contributed by atoms with van der Waals surface area (Å²) < 4.78 is 5.48. The standard InChI is InChI=1S/C21H30N2O2/c1-16-3-2-4-18(13-16)14-22-10-7-20-19(22)5-6-21(24)23(20)15-17-8-11-25-12-9-17/h2-4,13,17,19-20H,5-12,14-15H2,1H3/t19-,20-/m1/s1. The highest BCUT2D eigenvalue weighted by molar-refractivity contribution is 5.77. The number of likely N-dealkylation sites (tertiary alicyclic amines) is 2. The molecule has 3 aliphatic rings. The Kier molecular flexibility index (Phi) is 5.09. The predicted molar refractivity (Wildman–Crippen MR) is 98.3 cm³/mol. The van der Waals surface area contributed by atoms with Crippen LogP contribution in [0.4, 0.5) is 0 Å². The Morgan fingerprint density at radius 1 is 1.12 bits per heavy atom. The summed E-state index contributed by atoms with van der Waals surface area (Å²) in [5.74, 6) is 1.01. The second-order valence-corrected chi connectivity index (χ2v) is 8.02. The Morgan fingerprint density at radius 3 is 2.76 bits per heavy atom. The molecule has 3 aliphatic heterocycles. The van der Waals surface area contributed by atoms with Crippen LogP contribution in [0.3, 0.4) is 0 Å². The molecule has 25 heavy (non-hydrogen) atoms. The normalized spacial score (nSPS) is 28.4. The fraction of sp³-hybridized carbons (Fsp3) is 0.667. The van der Waals surface area contributed by atoms with Gasteiger partial charge in [-0.3, -0.25) is 9.69 Å². The summed E-state index contributed by atoms with van der Waals surface area (Å²) in [5.41, 5.74) is 2.72. The topological polar surface area (TPSA) is 32.8 Å². The Balaban J connectivity index is 1.43. The van der Waals surface area contributed by atoms with Crippen molar-refractivity contribution in [2.24, 2.45) is 5.92 Å². The zero-order valence-corrected chi connectivity index (χ0v) is 15.3. The number of rotatable bonds is 4. The van der Waals surface area contributed by atoms with E-state index in [0.29, 0.717) is 30.3 Å². The van der Waals surface area contributed by atoms with Crippen molar-refractivity contribution in [2.75, 3.05) is 26.3 Å². The average Bonchev–Trinajstić information content (AvgIpc) is 3.01. The first-order valence-electron chi connectivity index (χ1n) is 9.87. The van der Waals surface area contributed by atoms with E-state index in [0.717, 1.165) is 58.5 Å². The van der Waals surface area contributed by atoms with Gasteiger partial charge in [0.05, 0.1) is 0 Å². The first kappa shape index (κ1) is 17.0. The maximum atomic E-state index is 12.6. The highest BCUT2D eigenvalue weighted by atomic mass is 16.5. The van der Waals surface area contributed by atoms with Crippen LogP contribution < -0.4 is 0 Å². The van der Waals surface area contributed by atoms with Crippen LogP contribution in [0.2, 0.25) is 0 Å². The van der Waals surface area contributed by atoms with Gasteiger partial charge in [0.1, 0.15) is 0 Å². The Morgan fingerprint density at radius 2 is 1.96 bits per heavy atom. The molecule has 3 heterocycles. The fourth-order valence-corrected chi connectivity index (χ4v) is 4.92. The third-order valence-corrected chi connectivity index (χ3v) is 6.26. The van der Waals surface area contributed by atoms with Crippen LogP contribution >= 0.6 is 0 Å². The van der Waals surface area contributed by atoms with Crippen LogP contribution in [-0.2, 0) is 16.1 Å². The lowest BCUT2D eigenvalue weighted by Gasteiger charge is -2.42. The molecule has 0 bridgehead atoms. The highest BCUT2D eigenvalue weighted by Gasteiger charge is 2.43. The van der Waals surface area contributed by atoms with E-state index in [1.807, 2.05) is 0 Å². The number of piperidine rings is 1. The van der Waals surface area contributed by atoms with Crippen molar-refractivity contribution in [3.05, 3.63) is 35.4 Å². The number of fused-ring (bicyclic) bond motifs is 1. The van der Waals surface area contributed by atoms with Gasteiger partial charge in [-0.2, -0.15) is 0 Å². The minimum atomic E-state index is 0.380. The number of hydrogen-bond acceptors (Lipinski definition) is 3. The number of ether oxygens (including phenoxy) is 1. The third-order valence-electron chi connectivity index (χ3n) is 6.26. The number of benzene rings is 1. The van der Waals surface area contributed by atoms with E-state index < -0.39 is 0 Å². The monoisotopic (exact) mass is 342 g/mol. The second kappa shape index (κ2) is 7.46. The van der Waals surface area contributed by atoms with Gasteiger partial charge in [-0.1, -0.05) is 29.8 Å². The van der Waals surface area contributed by atoms with Gasteiger partial charge in [-0.15, -0.1) is 0 Å². The maximum Gasteiger partial charge on any atom is 0.222 e. The van der Waals surface area contributed by atoms with E-state index in [1.165, 1.54) is 11.1 Å². The maximum absolute atomic E-state index is 12.6. The van der Waals surface area contributed by atoms with Crippen molar-refractivity contribution in [1.82, 2.24) is 9.80 Å². The summed E-state index contributed by atoms with van der Waals surface area (Å²) >= 11 is 0. The van der Waals surface area contributed by atoms with Gasteiger partial charge in [-0.25, -0.2) is 0 Å². The van der Waals surface area contributed by atoms with Crippen LogP contribution in [0, 0.1) is 12.8 Å². The molecule has 0 saturated carbocycles. The van der Waals surface area contributed by atoms with Gasteiger partial charge in [0.15, 0.2) is 0 Å². The van der Waals surface area contributed by atoms with Crippen molar-refractivity contribution in [2.45, 2.75) is 57.7 Å². The molecule has 136 valence electrons. The lowest BCUT2D eigenvalue weighted by molar-refractivity contribution is -0.139. The molecule has 1 amide bonds. The molecule has 0 N–H and O–H groups in total. The molecule has 4 heteroatoms. The van der Waals surface area contributed by atoms with Crippen molar-refractivity contribution in [3.63, 3.8) is 0 Å². The fourth-order valence-electron chi connectivity index (χ4n) is 4.92.